The quantitative estimate of drug-likeness (QED) is 0.776. The van der Waals surface area contributed by atoms with E-state index >= 15 is 0 Å². The fourth-order valence-electron chi connectivity index (χ4n) is 3.59. The van der Waals surface area contributed by atoms with Crippen LogP contribution in [0.25, 0.3) is 5.65 Å². The Hall–Kier alpha value is -3.22. The zero-order valence-corrected chi connectivity index (χ0v) is 15.1. The molecule has 7 nitrogen and oxygen atoms in total. The number of carbonyl (C=O) groups excluding carboxylic acids is 2. The third kappa shape index (κ3) is 3.53. The number of pyridine rings is 1. The number of hydrogen-bond acceptors (Lipinski definition) is 4. The molecule has 0 radical (unpaired) electrons. The van der Waals surface area contributed by atoms with Crippen LogP contribution < -0.4 is 5.32 Å². The van der Waals surface area contributed by atoms with E-state index in [1.165, 1.54) is 6.92 Å². The first-order chi connectivity index (χ1) is 13.1. The van der Waals surface area contributed by atoms with Gasteiger partial charge in [-0.3, -0.25) is 14.0 Å². The van der Waals surface area contributed by atoms with Gasteiger partial charge in [-0.2, -0.15) is 0 Å². The van der Waals surface area contributed by atoms with E-state index in [-0.39, 0.29) is 17.7 Å². The number of benzene rings is 1. The van der Waals surface area contributed by atoms with E-state index < -0.39 is 0 Å². The van der Waals surface area contributed by atoms with Crippen LogP contribution in [0.5, 0.6) is 0 Å². The molecule has 0 unspecified atom stereocenters. The standard InChI is InChI=1S/C20H21N5O2/c1-14(26)21-17-6-4-5-16(13-17)20(27)24-11-8-15(9-12-24)19-23-22-18-7-2-3-10-25(18)19/h2-7,10,13,15H,8-9,11-12H2,1H3,(H,21,26). The van der Waals surface area contributed by atoms with Crippen LogP contribution >= 0.6 is 0 Å². The molecular formula is C20H21N5O2. The molecule has 1 saturated heterocycles. The van der Waals surface area contributed by atoms with Crippen molar-refractivity contribution in [3.8, 4) is 0 Å². The van der Waals surface area contributed by atoms with Crippen LogP contribution in [0.1, 0.15) is 41.9 Å². The van der Waals surface area contributed by atoms with E-state index in [9.17, 15) is 9.59 Å². The minimum absolute atomic E-state index is 0.00764. The second-order valence-electron chi connectivity index (χ2n) is 6.82. The van der Waals surface area contributed by atoms with Gasteiger partial charge in [0.15, 0.2) is 5.65 Å². The third-order valence-corrected chi connectivity index (χ3v) is 4.92. The molecule has 1 aromatic carbocycles. The number of fused-ring (bicyclic) bond motifs is 1. The minimum Gasteiger partial charge on any atom is -0.339 e. The topological polar surface area (TPSA) is 79.6 Å². The smallest absolute Gasteiger partial charge is 0.253 e. The Labute approximate surface area is 157 Å². The lowest BCUT2D eigenvalue weighted by Crippen LogP contribution is -2.38. The van der Waals surface area contributed by atoms with Crippen molar-refractivity contribution in [1.82, 2.24) is 19.5 Å². The molecule has 1 aliphatic heterocycles. The number of likely N-dealkylation sites (tertiary alicyclic amines) is 1. The summed E-state index contributed by atoms with van der Waals surface area (Å²) in [5.41, 5.74) is 2.08. The maximum Gasteiger partial charge on any atom is 0.253 e. The largest absolute Gasteiger partial charge is 0.339 e. The van der Waals surface area contributed by atoms with E-state index in [0.717, 1.165) is 24.3 Å². The summed E-state index contributed by atoms with van der Waals surface area (Å²) in [6, 6.07) is 12.9. The predicted octanol–water partition coefficient (Wildman–Crippen LogP) is 2.71. The highest BCUT2D eigenvalue weighted by atomic mass is 16.2. The van der Waals surface area contributed by atoms with E-state index in [2.05, 4.69) is 15.5 Å². The van der Waals surface area contributed by atoms with Gasteiger partial charge in [-0.1, -0.05) is 12.1 Å². The summed E-state index contributed by atoms with van der Waals surface area (Å²) in [7, 11) is 0. The fourth-order valence-corrected chi connectivity index (χ4v) is 3.59. The van der Waals surface area contributed by atoms with Crippen molar-refractivity contribution < 1.29 is 9.59 Å². The Kier molecular flexibility index (Phi) is 4.58. The summed E-state index contributed by atoms with van der Waals surface area (Å²) in [6.45, 7) is 2.80. The highest BCUT2D eigenvalue weighted by molar-refractivity contribution is 5.96. The monoisotopic (exact) mass is 363 g/mol. The number of hydrogen-bond donors (Lipinski definition) is 1. The number of amides is 2. The van der Waals surface area contributed by atoms with Gasteiger partial charge < -0.3 is 10.2 Å². The van der Waals surface area contributed by atoms with E-state index in [0.29, 0.717) is 24.3 Å². The second-order valence-corrected chi connectivity index (χ2v) is 6.82. The number of rotatable bonds is 3. The molecule has 0 spiro atoms. The summed E-state index contributed by atoms with van der Waals surface area (Å²) in [5, 5.41) is 11.3. The van der Waals surface area contributed by atoms with Gasteiger partial charge >= 0.3 is 0 Å². The van der Waals surface area contributed by atoms with E-state index in [1.54, 1.807) is 24.3 Å². The van der Waals surface area contributed by atoms with Crippen LogP contribution in [0.4, 0.5) is 5.69 Å². The van der Waals surface area contributed by atoms with Crippen molar-refractivity contribution >= 4 is 23.1 Å². The number of anilines is 1. The summed E-state index contributed by atoms with van der Waals surface area (Å²) >= 11 is 0. The summed E-state index contributed by atoms with van der Waals surface area (Å²) in [5.74, 6) is 1.09. The molecule has 1 aliphatic rings. The summed E-state index contributed by atoms with van der Waals surface area (Å²) < 4.78 is 2.03. The zero-order chi connectivity index (χ0) is 18.8. The maximum absolute atomic E-state index is 12.8. The maximum atomic E-state index is 12.8. The molecule has 0 aliphatic carbocycles. The van der Waals surface area contributed by atoms with Crippen LogP contribution in [-0.4, -0.2) is 44.4 Å². The highest BCUT2D eigenvalue weighted by Crippen LogP contribution is 2.28. The first-order valence-corrected chi connectivity index (χ1v) is 9.08. The fraction of sp³-hybridized carbons (Fsp3) is 0.300. The van der Waals surface area contributed by atoms with Gasteiger partial charge in [-0.05, 0) is 43.2 Å². The normalized spacial score (nSPS) is 15.1. The molecule has 7 heteroatoms. The van der Waals surface area contributed by atoms with Gasteiger partial charge in [-0.25, -0.2) is 0 Å². The van der Waals surface area contributed by atoms with Crippen molar-refractivity contribution in [2.45, 2.75) is 25.7 Å². The Morgan fingerprint density at radius 2 is 1.89 bits per heavy atom. The lowest BCUT2D eigenvalue weighted by molar-refractivity contribution is -0.114. The van der Waals surface area contributed by atoms with Crippen molar-refractivity contribution in [3.05, 3.63) is 60.0 Å². The molecule has 3 aromatic rings. The number of piperidine rings is 1. The number of nitrogens with zero attached hydrogens (tertiary/aromatic N) is 4. The second kappa shape index (κ2) is 7.19. The molecular weight excluding hydrogens is 342 g/mol. The van der Waals surface area contributed by atoms with Gasteiger partial charge in [0, 0.05) is 43.4 Å². The minimum atomic E-state index is -0.152. The van der Waals surface area contributed by atoms with Crippen molar-refractivity contribution in [2.24, 2.45) is 0 Å². The zero-order valence-electron chi connectivity index (χ0n) is 15.1. The molecule has 0 bridgehead atoms. The highest BCUT2D eigenvalue weighted by Gasteiger charge is 2.27. The van der Waals surface area contributed by atoms with Gasteiger partial charge in [-0.15, -0.1) is 10.2 Å². The molecule has 2 amide bonds. The van der Waals surface area contributed by atoms with Crippen molar-refractivity contribution in [3.63, 3.8) is 0 Å². The van der Waals surface area contributed by atoms with E-state index in [1.807, 2.05) is 33.7 Å². The molecule has 2 aromatic heterocycles. The molecule has 4 rings (SSSR count). The van der Waals surface area contributed by atoms with Crippen LogP contribution in [0.15, 0.2) is 48.7 Å². The van der Waals surface area contributed by atoms with E-state index in [4.69, 9.17) is 0 Å². The lowest BCUT2D eigenvalue weighted by Gasteiger charge is -2.31. The molecule has 3 heterocycles. The molecule has 0 saturated carbocycles. The number of aromatic nitrogens is 3. The van der Waals surface area contributed by atoms with Crippen LogP contribution in [-0.2, 0) is 4.79 Å². The average Bonchev–Trinajstić information content (AvgIpc) is 3.11. The SMILES string of the molecule is CC(=O)Nc1cccc(C(=O)N2CCC(c3nnc4ccccn34)CC2)c1. The summed E-state index contributed by atoms with van der Waals surface area (Å²) in [6.07, 6.45) is 3.69. The molecule has 138 valence electrons. The lowest BCUT2D eigenvalue weighted by atomic mass is 9.95. The van der Waals surface area contributed by atoms with Crippen LogP contribution in [0.2, 0.25) is 0 Å². The first-order valence-electron chi connectivity index (χ1n) is 9.08. The Morgan fingerprint density at radius 1 is 1.07 bits per heavy atom. The number of carbonyl (C=O) groups is 2. The van der Waals surface area contributed by atoms with Crippen LogP contribution in [0, 0.1) is 0 Å². The van der Waals surface area contributed by atoms with Crippen molar-refractivity contribution in [2.75, 3.05) is 18.4 Å². The third-order valence-electron chi connectivity index (χ3n) is 4.92. The van der Waals surface area contributed by atoms with Gasteiger partial charge in [0.05, 0.1) is 0 Å². The molecule has 1 N–H and O–H groups in total. The predicted molar refractivity (Wildman–Crippen MR) is 102 cm³/mol. The van der Waals surface area contributed by atoms with Gasteiger partial charge in [0.1, 0.15) is 5.82 Å². The Balaban J connectivity index is 1.44. The first kappa shape index (κ1) is 17.2. The molecule has 1 fully saturated rings. The Bertz CT molecular complexity index is 989. The van der Waals surface area contributed by atoms with Gasteiger partial charge in [0.25, 0.3) is 5.91 Å². The molecule has 0 atom stereocenters. The summed E-state index contributed by atoms with van der Waals surface area (Å²) in [4.78, 5) is 25.9. The molecule has 27 heavy (non-hydrogen) atoms. The van der Waals surface area contributed by atoms with Crippen molar-refractivity contribution in [1.29, 1.82) is 0 Å². The van der Waals surface area contributed by atoms with Gasteiger partial charge in [0.2, 0.25) is 5.91 Å². The van der Waals surface area contributed by atoms with Crippen LogP contribution in [0.3, 0.4) is 0 Å². The average molecular weight is 363 g/mol. The Morgan fingerprint density at radius 3 is 2.67 bits per heavy atom. The number of nitrogens with one attached hydrogen (secondary N) is 1.